The van der Waals surface area contributed by atoms with E-state index in [1.807, 2.05) is 0 Å². The van der Waals surface area contributed by atoms with Crippen LogP contribution >= 0.6 is 13.5 Å². The molecule has 0 aromatic carbocycles. The van der Waals surface area contributed by atoms with E-state index in [9.17, 15) is 0 Å². The van der Waals surface area contributed by atoms with Crippen molar-refractivity contribution in [1.82, 2.24) is 0 Å². The molecule has 0 saturated heterocycles. The van der Waals surface area contributed by atoms with Gasteiger partial charge in [0.25, 0.3) is 0 Å². The maximum atomic E-state index is 0. The Balaban J connectivity index is 0. The summed E-state index contributed by atoms with van der Waals surface area (Å²) in [4.78, 5) is 0. The Morgan fingerprint density at radius 2 is 0.750 bits per heavy atom. The van der Waals surface area contributed by atoms with Gasteiger partial charge in [-0.25, -0.2) is 0 Å². The fourth-order valence-corrected chi connectivity index (χ4v) is 0. The van der Waals surface area contributed by atoms with E-state index in [1.54, 1.807) is 0 Å². The fourth-order valence-electron chi connectivity index (χ4n) is 0. The topological polar surface area (TPSA) is 31.5 Å². The Morgan fingerprint density at radius 1 is 0.750 bits per heavy atom. The Labute approximate surface area is 76.9 Å². The summed E-state index contributed by atoms with van der Waals surface area (Å²) in [6.07, 6.45) is 0. The summed E-state index contributed by atoms with van der Waals surface area (Å²) >= 11 is 0. The van der Waals surface area contributed by atoms with Crippen LogP contribution in [0.1, 0.15) is 0 Å². The first-order chi connectivity index (χ1) is 0. The molecular weight excluding hydrogens is 94.0 g/mol. The molecule has 0 rings (SSSR count). The summed E-state index contributed by atoms with van der Waals surface area (Å²) in [7, 11) is 0. The zero-order chi connectivity index (χ0) is 0. The molecule has 0 atom stereocenters. The summed E-state index contributed by atoms with van der Waals surface area (Å²) in [6.45, 7) is 0. The molecule has 20 valence electrons. The molecule has 0 heterocycles. The van der Waals surface area contributed by atoms with E-state index in [0.717, 1.165) is 0 Å². The monoisotopic (exact) mass is 100.0 g/mol. The van der Waals surface area contributed by atoms with Crippen LogP contribution in [-0.2, 0) is 0 Å². The molecule has 0 aromatic heterocycles. The van der Waals surface area contributed by atoms with Gasteiger partial charge in [-0.05, 0) is 0 Å². The van der Waals surface area contributed by atoms with E-state index in [0.29, 0.717) is 0 Å². The molecule has 0 aliphatic rings. The number of hydrogen-bond acceptors (Lipinski definition) is 0. The molecule has 0 aliphatic heterocycles. The summed E-state index contributed by atoms with van der Waals surface area (Å²) < 4.78 is 0. The van der Waals surface area contributed by atoms with Crippen molar-refractivity contribution in [2.24, 2.45) is 0 Å². The predicted molar refractivity (Wildman–Crippen MR) is 28.3 cm³/mol. The Bertz CT molecular complexity index is 6.00. The van der Waals surface area contributed by atoms with E-state index in [-0.39, 0.29) is 78.1 Å². The first-order valence-electron chi connectivity index (χ1n) is 0. The maximum absolute atomic E-state index is 0. The van der Waals surface area contributed by atoms with E-state index in [1.165, 1.54) is 0 Å². The van der Waals surface area contributed by atoms with Crippen molar-refractivity contribution in [3.05, 3.63) is 0 Å². The third kappa shape index (κ3) is 8.85. The summed E-state index contributed by atoms with van der Waals surface area (Å²) in [5.74, 6) is 0. The molecule has 1 nitrogen and oxygen atoms in total. The van der Waals surface area contributed by atoms with Crippen LogP contribution in [0.25, 0.3) is 0 Å². The van der Waals surface area contributed by atoms with Crippen LogP contribution in [-0.4, -0.2) is 64.6 Å². The molecule has 0 amide bonds. The van der Waals surface area contributed by atoms with Crippen molar-refractivity contribution in [1.29, 1.82) is 0 Å². The van der Waals surface area contributed by atoms with Crippen molar-refractivity contribution >= 4 is 72.6 Å². The summed E-state index contributed by atoms with van der Waals surface area (Å²) in [6, 6.07) is 0. The van der Waals surface area contributed by atoms with Crippen LogP contribution in [0.4, 0.5) is 0 Å². The van der Waals surface area contributed by atoms with Gasteiger partial charge in [-0.3, -0.25) is 0 Å². The predicted octanol–water partition coefficient (Wildman–Crippen LogP) is -2.01. The fraction of sp³-hybridized carbons (Fsp3) is 0. The third-order valence-corrected chi connectivity index (χ3v) is 0. The molecule has 4 heteroatoms. The van der Waals surface area contributed by atoms with Gasteiger partial charge in [-0.15, -0.1) is 0 Å². The second kappa shape index (κ2) is 18.5. The third-order valence-electron chi connectivity index (χ3n) is 0. The minimum absolute atomic E-state index is 0. The van der Waals surface area contributed by atoms with Gasteiger partial charge >= 0.3 is 59.1 Å². The van der Waals surface area contributed by atoms with Crippen molar-refractivity contribution < 1.29 is 5.48 Å². The Kier molecular flexibility index (Phi) is 154. The van der Waals surface area contributed by atoms with Crippen molar-refractivity contribution in [3.8, 4) is 0 Å². The average Bonchev–Trinajstić information content (AvgIpc) is 0. The molecule has 4 heavy (non-hydrogen) atoms. The van der Waals surface area contributed by atoms with Gasteiger partial charge in [-0.2, -0.15) is 13.5 Å². The molecular formula is H6Na2OS. The first-order valence-corrected chi connectivity index (χ1v) is 0. The second-order valence-corrected chi connectivity index (χ2v) is 0. The van der Waals surface area contributed by atoms with E-state index < -0.39 is 0 Å². The van der Waals surface area contributed by atoms with Crippen LogP contribution in [0, 0.1) is 0 Å². The molecule has 2 N–H and O–H groups in total. The average molecular weight is 100 g/mol. The van der Waals surface area contributed by atoms with Gasteiger partial charge in [0, 0.05) is 0 Å². The number of rotatable bonds is 0. The summed E-state index contributed by atoms with van der Waals surface area (Å²) in [5.41, 5.74) is 0. The first kappa shape index (κ1) is 33.3. The van der Waals surface area contributed by atoms with Crippen LogP contribution in [0.15, 0.2) is 0 Å². The minimum atomic E-state index is 0. The Hall–Kier alpha value is 2.31. The van der Waals surface area contributed by atoms with Gasteiger partial charge in [0.2, 0.25) is 0 Å². The quantitative estimate of drug-likeness (QED) is 0.315. The standard InChI is InChI=1S/2Na.H2O.H2S.2H/h;;2*1H2;;. The van der Waals surface area contributed by atoms with E-state index in [4.69, 9.17) is 0 Å². The molecule has 0 aromatic rings. The van der Waals surface area contributed by atoms with Crippen molar-refractivity contribution in [2.45, 2.75) is 0 Å². The normalized spacial score (nSPS) is 0. The van der Waals surface area contributed by atoms with E-state index >= 15 is 0 Å². The van der Waals surface area contributed by atoms with E-state index in [2.05, 4.69) is 0 Å². The zero-order valence-electron chi connectivity index (χ0n) is 1.00. The van der Waals surface area contributed by atoms with Gasteiger partial charge in [0.1, 0.15) is 0 Å². The van der Waals surface area contributed by atoms with Crippen molar-refractivity contribution in [2.75, 3.05) is 0 Å². The van der Waals surface area contributed by atoms with Crippen LogP contribution in [0.3, 0.4) is 0 Å². The molecule has 0 aliphatic carbocycles. The van der Waals surface area contributed by atoms with Gasteiger partial charge < -0.3 is 5.48 Å². The molecule has 0 spiro atoms. The number of hydrogen-bond donors (Lipinski definition) is 0. The summed E-state index contributed by atoms with van der Waals surface area (Å²) in [5, 5.41) is 0. The molecule has 0 saturated carbocycles. The molecule has 0 radical (unpaired) electrons. The van der Waals surface area contributed by atoms with Crippen LogP contribution in [0.5, 0.6) is 0 Å². The molecule has 0 fully saturated rings. The second-order valence-electron chi connectivity index (χ2n) is 0. The van der Waals surface area contributed by atoms with Crippen LogP contribution in [0.2, 0.25) is 0 Å². The zero-order valence-corrected chi connectivity index (χ0v) is 2.00. The van der Waals surface area contributed by atoms with Crippen LogP contribution < -0.4 is 0 Å². The SMILES string of the molecule is O.S.[NaH].[NaH]. The van der Waals surface area contributed by atoms with Gasteiger partial charge in [0.05, 0.1) is 0 Å². The van der Waals surface area contributed by atoms with Gasteiger partial charge in [0.15, 0.2) is 0 Å². The Morgan fingerprint density at radius 3 is 0.750 bits per heavy atom. The van der Waals surface area contributed by atoms with Crippen molar-refractivity contribution in [3.63, 3.8) is 0 Å². The molecule has 0 unspecified atom stereocenters. The molecule has 0 bridgehead atoms. The van der Waals surface area contributed by atoms with Gasteiger partial charge in [-0.1, -0.05) is 0 Å².